The van der Waals surface area contributed by atoms with Gasteiger partial charge in [0.1, 0.15) is 0 Å². The van der Waals surface area contributed by atoms with Crippen LogP contribution in [0.2, 0.25) is 0 Å². The lowest BCUT2D eigenvalue weighted by Gasteiger charge is -2.32. The SMILES string of the molecule is CCN1CCCC(Nc2ncc(C)[nH]2)C1. The van der Waals surface area contributed by atoms with Crippen LogP contribution < -0.4 is 5.32 Å². The topological polar surface area (TPSA) is 44.0 Å². The molecule has 0 aliphatic carbocycles. The maximum absolute atomic E-state index is 4.28. The van der Waals surface area contributed by atoms with Gasteiger partial charge >= 0.3 is 0 Å². The highest BCUT2D eigenvalue weighted by Gasteiger charge is 2.18. The molecule has 0 bridgehead atoms. The second-order valence-electron chi connectivity index (χ2n) is 4.29. The van der Waals surface area contributed by atoms with Crippen LogP contribution in [0.3, 0.4) is 0 Å². The molecule has 1 fully saturated rings. The molecule has 4 heteroatoms. The molecule has 0 spiro atoms. The molecular weight excluding hydrogens is 188 g/mol. The molecule has 84 valence electrons. The molecule has 0 aromatic carbocycles. The lowest BCUT2D eigenvalue weighted by molar-refractivity contribution is 0.226. The molecule has 1 atom stereocenters. The highest BCUT2D eigenvalue weighted by Crippen LogP contribution is 2.13. The average Bonchev–Trinajstić information content (AvgIpc) is 2.64. The number of nitrogens with zero attached hydrogens (tertiary/aromatic N) is 2. The molecule has 1 unspecified atom stereocenters. The summed E-state index contributed by atoms with van der Waals surface area (Å²) in [6.45, 7) is 7.77. The second kappa shape index (κ2) is 4.66. The minimum Gasteiger partial charge on any atom is -0.352 e. The summed E-state index contributed by atoms with van der Waals surface area (Å²) in [6.07, 6.45) is 4.39. The zero-order valence-electron chi connectivity index (χ0n) is 9.58. The first-order chi connectivity index (χ1) is 7.28. The van der Waals surface area contributed by atoms with Crippen molar-refractivity contribution >= 4 is 5.95 Å². The lowest BCUT2D eigenvalue weighted by atomic mass is 10.1. The van der Waals surface area contributed by atoms with E-state index < -0.39 is 0 Å². The summed E-state index contributed by atoms with van der Waals surface area (Å²) in [6, 6.07) is 0.546. The van der Waals surface area contributed by atoms with E-state index in [1.807, 2.05) is 13.1 Å². The average molecular weight is 208 g/mol. The first-order valence-corrected chi connectivity index (χ1v) is 5.78. The molecular formula is C11H20N4. The van der Waals surface area contributed by atoms with E-state index in [2.05, 4.69) is 27.1 Å². The maximum atomic E-state index is 4.28. The summed E-state index contributed by atoms with van der Waals surface area (Å²) in [5.41, 5.74) is 1.11. The van der Waals surface area contributed by atoms with E-state index in [0.29, 0.717) is 6.04 Å². The predicted octanol–water partition coefficient (Wildman–Crippen LogP) is 1.61. The molecule has 1 saturated heterocycles. The van der Waals surface area contributed by atoms with Crippen molar-refractivity contribution in [3.63, 3.8) is 0 Å². The van der Waals surface area contributed by atoms with Crippen LogP contribution in [-0.4, -0.2) is 40.5 Å². The monoisotopic (exact) mass is 208 g/mol. The van der Waals surface area contributed by atoms with Gasteiger partial charge in [0.15, 0.2) is 0 Å². The second-order valence-corrected chi connectivity index (χ2v) is 4.29. The molecule has 2 N–H and O–H groups in total. The van der Waals surface area contributed by atoms with Crippen molar-refractivity contribution < 1.29 is 0 Å². The summed E-state index contributed by atoms with van der Waals surface area (Å²) in [4.78, 5) is 9.97. The molecule has 2 heterocycles. The lowest BCUT2D eigenvalue weighted by Crippen LogP contribution is -2.42. The quantitative estimate of drug-likeness (QED) is 0.793. The van der Waals surface area contributed by atoms with Crippen molar-refractivity contribution in [3.8, 4) is 0 Å². The maximum Gasteiger partial charge on any atom is 0.200 e. The van der Waals surface area contributed by atoms with Crippen molar-refractivity contribution in [2.45, 2.75) is 32.7 Å². The first kappa shape index (κ1) is 10.5. The van der Waals surface area contributed by atoms with Gasteiger partial charge in [-0.05, 0) is 32.9 Å². The van der Waals surface area contributed by atoms with Gasteiger partial charge in [-0.1, -0.05) is 6.92 Å². The van der Waals surface area contributed by atoms with E-state index >= 15 is 0 Å². The van der Waals surface area contributed by atoms with Crippen LogP contribution >= 0.6 is 0 Å². The summed E-state index contributed by atoms with van der Waals surface area (Å²) >= 11 is 0. The van der Waals surface area contributed by atoms with E-state index in [9.17, 15) is 0 Å². The van der Waals surface area contributed by atoms with E-state index in [4.69, 9.17) is 0 Å². The minimum absolute atomic E-state index is 0.546. The summed E-state index contributed by atoms with van der Waals surface area (Å²) in [5.74, 6) is 0.912. The number of hydrogen-bond donors (Lipinski definition) is 2. The fraction of sp³-hybridized carbons (Fsp3) is 0.727. The van der Waals surface area contributed by atoms with Gasteiger partial charge in [0, 0.05) is 24.5 Å². The van der Waals surface area contributed by atoms with Crippen LogP contribution in [0.5, 0.6) is 0 Å². The number of aromatic amines is 1. The van der Waals surface area contributed by atoms with E-state index in [1.165, 1.54) is 19.4 Å². The van der Waals surface area contributed by atoms with E-state index in [0.717, 1.165) is 24.7 Å². The Hall–Kier alpha value is -1.03. The van der Waals surface area contributed by atoms with Crippen LogP contribution in [0.15, 0.2) is 6.20 Å². The van der Waals surface area contributed by atoms with Crippen molar-refractivity contribution in [1.29, 1.82) is 0 Å². The van der Waals surface area contributed by atoms with Gasteiger partial charge in [0.05, 0.1) is 0 Å². The van der Waals surface area contributed by atoms with Crippen LogP contribution in [0.25, 0.3) is 0 Å². The van der Waals surface area contributed by atoms with Gasteiger partial charge in [0.2, 0.25) is 5.95 Å². The number of imidazole rings is 1. The number of piperidine rings is 1. The number of likely N-dealkylation sites (tertiary alicyclic amines) is 1. The van der Waals surface area contributed by atoms with Gasteiger partial charge in [0.25, 0.3) is 0 Å². The van der Waals surface area contributed by atoms with Gasteiger partial charge in [-0.2, -0.15) is 0 Å². The highest BCUT2D eigenvalue weighted by atomic mass is 15.2. The Balaban J connectivity index is 1.88. The third-order valence-electron chi connectivity index (χ3n) is 3.00. The number of hydrogen-bond acceptors (Lipinski definition) is 3. The minimum atomic E-state index is 0.546. The molecule has 0 radical (unpaired) electrons. The third-order valence-corrected chi connectivity index (χ3v) is 3.00. The molecule has 4 nitrogen and oxygen atoms in total. The molecule has 1 aromatic rings. The Morgan fingerprint density at radius 1 is 1.67 bits per heavy atom. The third kappa shape index (κ3) is 2.72. The number of aryl methyl sites for hydroxylation is 1. The molecule has 1 aliphatic heterocycles. The normalized spacial score (nSPS) is 22.9. The molecule has 0 saturated carbocycles. The van der Waals surface area contributed by atoms with Crippen LogP contribution in [0, 0.1) is 6.92 Å². The van der Waals surface area contributed by atoms with Crippen molar-refractivity contribution in [2.75, 3.05) is 25.0 Å². The van der Waals surface area contributed by atoms with Gasteiger partial charge in [-0.3, -0.25) is 0 Å². The largest absolute Gasteiger partial charge is 0.352 e. The summed E-state index contributed by atoms with van der Waals surface area (Å²) < 4.78 is 0. The number of nitrogens with one attached hydrogen (secondary N) is 2. The molecule has 1 aliphatic rings. The fourth-order valence-corrected chi connectivity index (χ4v) is 2.14. The van der Waals surface area contributed by atoms with E-state index in [1.54, 1.807) is 0 Å². The van der Waals surface area contributed by atoms with Crippen molar-refractivity contribution in [1.82, 2.24) is 14.9 Å². The molecule has 1 aromatic heterocycles. The Morgan fingerprint density at radius 3 is 3.20 bits per heavy atom. The summed E-state index contributed by atoms with van der Waals surface area (Å²) in [7, 11) is 0. The molecule has 15 heavy (non-hydrogen) atoms. The number of aromatic nitrogens is 2. The number of likely N-dealkylation sites (N-methyl/N-ethyl adjacent to an activating group) is 1. The van der Waals surface area contributed by atoms with Gasteiger partial charge in [-0.15, -0.1) is 0 Å². The first-order valence-electron chi connectivity index (χ1n) is 5.78. The Bertz CT molecular complexity index is 307. The zero-order chi connectivity index (χ0) is 10.7. The Morgan fingerprint density at radius 2 is 2.53 bits per heavy atom. The van der Waals surface area contributed by atoms with Crippen LogP contribution in [0.4, 0.5) is 5.95 Å². The fourth-order valence-electron chi connectivity index (χ4n) is 2.14. The van der Waals surface area contributed by atoms with Crippen LogP contribution in [0.1, 0.15) is 25.5 Å². The highest BCUT2D eigenvalue weighted by molar-refractivity contribution is 5.27. The van der Waals surface area contributed by atoms with Gasteiger partial charge in [-0.25, -0.2) is 4.98 Å². The number of H-pyrrole nitrogens is 1. The standard InChI is InChI=1S/C11H20N4/c1-3-15-6-4-5-10(8-15)14-11-12-7-9(2)13-11/h7,10H,3-6,8H2,1-2H3,(H2,12,13,14). The van der Waals surface area contributed by atoms with Crippen molar-refractivity contribution in [3.05, 3.63) is 11.9 Å². The molecule has 0 amide bonds. The van der Waals surface area contributed by atoms with Gasteiger partial charge < -0.3 is 15.2 Å². The number of anilines is 1. The predicted molar refractivity (Wildman–Crippen MR) is 62.1 cm³/mol. The van der Waals surface area contributed by atoms with Crippen molar-refractivity contribution in [2.24, 2.45) is 0 Å². The molecule has 2 rings (SSSR count). The Labute approximate surface area is 91.1 Å². The Kier molecular flexibility index (Phi) is 3.26. The summed E-state index contributed by atoms with van der Waals surface area (Å²) in [5, 5.41) is 3.46. The van der Waals surface area contributed by atoms with Crippen LogP contribution in [-0.2, 0) is 0 Å². The van der Waals surface area contributed by atoms with E-state index in [-0.39, 0.29) is 0 Å². The smallest absolute Gasteiger partial charge is 0.200 e. The zero-order valence-corrected chi connectivity index (χ0v) is 9.58. The number of rotatable bonds is 3.